The number of hydrogen-bond donors (Lipinski definition) is 3. The van der Waals surface area contributed by atoms with Crippen LogP contribution in [0.4, 0.5) is 4.39 Å². The molecule has 3 aromatic rings. The number of pyridine rings is 1. The standard InChI is InChI=1S/C17H16FN3O2S.C4H4O4/c1-12(19)13-9-17(15-6-2-3-7-16(15)18)21(11-13)24(22,23)14-5-4-8-20-10-14;5-3(6)1-2-4(7)8/h2-12H,19H2,1H3;1-2H,(H,5,6)(H,7,8)/b;2-1+. The molecular formula is C21H20FN3O6S. The minimum atomic E-state index is -3.92. The van der Waals surface area contributed by atoms with Crippen LogP contribution < -0.4 is 5.73 Å². The van der Waals surface area contributed by atoms with Crippen molar-refractivity contribution in [1.29, 1.82) is 0 Å². The number of benzene rings is 1. The summed E-state index contributed by atoms with van der Waals surface area (Å²) in [5, 5.41) is 15.6. The molecule has 0 bridgehead atoms. The number of halogens is 1. The van der Waals surface area contributed by atoms with Gasteiger partial charge in [0.25, 0.3) is 10.0 Å². The molecule has 0 fully saturated rings. The van der Waals surface area contributed by atoms with Crippen molar-refractivity contribution < 1.29 is 32.6 Å². The van der Waals surface area contributed by atoms with E-state index in [-0.39, 0.29) is 22.2 Å². The van der Waals surface area contributed by atoms with Crippen LogP contribution in [0.15, 0.2) is 78.1 Å². The Labute approximate surface area is 183 Å². The van der Waals surface area contributed by atoms with E-state index in [0.29, 0.717) is 17.7 Å². The molecule has 0 saturated heterocycles. The Morgan fingerprint density at radius 2 is 1.75 bits per heavy atom. The van der Waals surface area contributed by atoms with Crippen LogP contribution in [-0.2, 0) is 19.6 Å². The van der Waals surface area contributed by atoms with Gasteiger partial charge in [-0.15, -0.1) is 0 Å². The minimum Gasteiger partial charge on any atom is -0.478 e. The summed E-state index contributed by atoms with van der Waals surface area (Å²) in [6.07, 6.45) is 5.28. The first kappa shape index (κ1) is 24.4. The van der Waals surface area contributed by atoms with Crippen molar-refractivity contribution in [3.63, 3.8) is 0 Å². The lowest BCUT2D eigenvalue weighted by molar-refractivity contribution is -0.134. The van der Waals surface area contributed by atoms with Crippen molar-refractivity contribution in [3.8, 4) is 11.3 Å². The van der Waals surface area contributed by atoms with E-state index in [1.54, 1.807) is 25.1 Å². The van der Waals surface area contributed by atoms with Crippen LogP contribution in [0.2, 0.25) is 0 Å². The molecule has 4 N–H and O–H groups in total. The summed E-state index contributed by atoms with van der Waals surface area (Å²) >= 11 is 0. The largest absolute Gasteiger partial charge is 0.478 e. The highest BCUT2D eigenvalue weighted by Gasteiger charge is 2.24. The number of hydrogen-bond acceptors (Lipinski definition) is 6. The second kappa shape index (κ2) is 10.5. The molecule has 0 spiro atoms. The van der Waals surface area contributed by atoms with Gasteiger partial charge in [-0.2, -0.15) is 0 Å². The first-order chi connectivity index (χ1) is 15.0. The Morgan fingerprint density at radius 3 is 2.25 bits per heavy atom. The first-order valence-corrected chi connectivity index (χ1v) is 10.5. The molecule has 9 nitrogen and oxygen atoms in total. The Balaban J connectivity index is 0.000000390. The highest BCUT2D eigenvalue weighted by Crippen LogP contribution is 2.30. The van der Waals surface area contributed by atoms with Crippen LogP contribution in [0, 0.1) is 5.82 Å². The van der Waals surface area contributed by atoms with Gasteiger partial charge in [0, 0.05) is 42.3 Å². The maximum Gasteiger partial charge on any atom is 0.328 e. The van der Waals surface area contributed by atoms with Crippen LogP contribution in [0.3, 0.4) is 0 Å². The number of carboxylic acids is 2. The van der Waals surface area contributed by atoms with Crippen molar-refractivity contribution in [2.24, 2.45) is 5.73 Å². The molecule has 0 saturated carbocycles. The molecule has 0 radical (unpaired) electrons. The summed E-state index contributed by atoms with van der Waals surface area (Å²) in [6.45, 7) is 1.74. The Morgan fingerprint density at radius 1 is 1.12 bits per heavy atom. The molecule has 1 atom stereocenters. The summed E-state index contributed by atoms with van der Waals surface area (Å²) in [5.41, 5.74) is 6.90. The quantitative estimate of drug-likeness (QED) is 0.474. The average Bonchev–Trinajstić information content (AvgIpc) is 3.20. The topological polar surface area (TPSA) is 153 Å². The SMILES string of the molecule is CC(N)c1cc(-c2ccccc2F)n(S(=O)(=O)c2cccnc2)c1.O=C(O)/C=C/C(=O)O. The fourth-order valence-corrected chi connectivity index (χ4v) is 3.88. The molecule has 2 heterocycles. The second-order valence-corrected chi connectivity index (χ2v) is 8.24. The van der Waals surface area contributed by atoms with Crippen LogP contribution >= 0.6 is 0 Å². The van der Waals surface area contributed by atoms with Gasteiger partial charge in [0.1, 0.15) is 10.7 Å². The van der Waals surface area contributed by atoms with Gasteiger partial charge >= 0.3 is 11.9 Å². The zero-order valence-electron chi connectivity index (χ0n) is 16.8. The third-order valence-electron chi connectivity index (χ3n) is 4.04. The van der Waals surface area contributed by atoms with E-state index in [4.69, 9.17) is 15.9 Å². The zero-order valence-corrected chi connectivity index (χ0v) is 17.6. The van der Waals surface area contributed by atoms with Gasteiger partial charge in [-0.3, -0.25) is 4.98 Å². The van der Waals surface area contributed by atoms with E-state index in [1.165, 1.54) is 42.9 Å². The normalized spacial score (nSPS) is 12.1. The van der Waals surface area contributed by atoms with Crippen molar-refractivity contribution >= 4 is 22.0 Å². The monoisotopic (exact) mass is 461 g/mol. The predicted molar refractivity (Wildman–Crippen MR) is 114 cm³/mol. The molecule has 0 amide bonds. The Bertz CT molecular complexity index is 1220. The molecule has 168 valence electrons. The predicted octanol–water partition coefficient (Wildman–Crippen LogP) is 2.66. The van der Waals surface area contributed by atoms with Crippen molar-refractivity contribution in [2.75, 3.05) is 0 Å². The van der Waals surface area contributed by atoms with Gasteiger partial charge in [0.2, 0.25) is 0 Å². The van der Waals surface area contributed by atoms with Crippen LogP contribution in [0.5, 0.6) is 0 Å². The fraction of sp³-hybridized carbons (Fsp3) is 0.0952. The maximum absolute atomic E-state index is 14.2. The number of carbonyl (C=O) groups is 2. The lowest BCUT2D eigenvalue weighted by Crippen LogP contribution is -2.14. The van der Waals surface area contributed by atoms with E-state index in [0.717, 1.165) is 3.97 Å². The van der Waals surface area contributed by atoms with Gasteiger partial charge in [-0.25, -0.2) is 26.4 Å². The highest BCUT2D eigenvalue weighted by molar-refractivity contribution is 7.90. The minimum absolute atomic E-state index is 0.0226. The van der Waals surface area contributed by atoms with E-state index in [2.05, 4.69) is 4.98 Å². The van der Waals surface area contributed by atoms with Gasteiger partial charge in [0.15, 0.2) is 0 Å². The number of rotatable bonds is 6. The van der Waals surface area contributed by atoms with E-state index < -0.39 is 27.8 Å². The van der Waals surface area contributed by atoms with E-state index in [9.17, 15) is 22.4 Å². The van der Waals surface area contributed by atoms with Crippen molar-refractivity contribution in [3.05, 3.63) is 84.6 Å². The van der Waals surface area contributed by atoms with E-state index in [1.807, 2.05) is 0 Å². The third kappa shape index (κ3) is 6.09. The van der Waals surface area contributed by atoms with Gasteiger partial charge in [0.05, 0.1) is 5.69 Å². The van der Waals surface area contributed by atoms with Crippen LogP contribution in [-0.4, -0.2) is 39.5 Å². The Kier molecular flexibility index (Phi) is 7.99. The molecule has 3 rings (SSSR count). The summed E-state index contributed by atoms with van der Waals surface area (Å²) in [5.74, 6) is -3.02. The molecular weight excluding hydrogens is 441 g/mol. The maximum atomic E-state index is 14.2. The molecule has 2 aromatic heterocycles. The van der Waals surface area contributed by atoms with Crippen molar-refractivity contribution in [1.82, 2.24) is 8.96 Å². The van der Waals surface area contributed by atoms with Gasteiger partial charge in [-0.05, 0) is 42.8 Å². The molecule has 1 aromatic carbocycles. The van der Waals surface area contributed by atoms with Gasteiger partial charge in [-0.1, -0.05) is 12.1 Å². The summed E-state index contributed by atoms with van der Waals surface area (Å²) in [4.78, 5) is 23.0. The summed E-state index contributed by atoms with van der Waals surface area (Å²) < 4.78 is 41.1. The molecule has 0 aliphatic rings. The number of nitrogens with zero attached hydrogens (tertiary/aromatic N) is 2. The van der Waals surface area contributed by atoms with Gasteiger partial charge < -0.3 is 15.9 Å². The third-order valence-corrected chi connectivity index (χ3v) is 5.70. The van der Waals surface area contributed by atoms with Crippen LogP contribution in [0.1, 0.15) is 18.5 Å². The smallest absolute Gasteiger partial charge is 0.328 e. The second-order valence-electron chi connectivity index (χ2n) is 6.43. The zero-order chi connectivity index (χ0) is 23.9. The molecule has 0 aliphatic carbocycles. The number of aliphatic carboxylic acids is 2. The lowest BCUT2D eigenvalue weighted by atomic mass is 10.1. The Hall–Kier alpha value is -3.83. The number of nitrogens with two attached hydrogens (primary N) is 1. The van der Waals surface area contributed by atoms with E-state index >= 15 is 0 Å². The fourth-order valence-electron chi connectivity index (χ4n) is 2.53. The molecule has 0 aliphatic heterocycles. The summed E-state index contributed by atoms with van der Waals surface area (Å²) in [7, 11) is -3.92. The molecule has 11 heteroatoms. The number of aromatic nitrogens is 2. The van der Waals surface area contributed by atoms with Crippen molar-refractivity contribution in [2.45, 2.75) is 17.9 Å². The molecule has 1 unspecified atom stereocenters. The first-order valence-electron chi connectivity index (χ1n) is 9.06. The highest BCUT2D eigenvalue weighted by atomic mass is 32.2. The average molecular weight is 461 g/mol. The summed E-state index contributed by atoms with van der Waals surface area (Å²) in [6, 6.07) is 10.2. The lowest BCUT2D eigenvalue weighted by Gasteiger charge is -2.11. The number of carboxylic acid groups (broad SMARTS) is 2. The van der Waals surface area contributed by atoms with Crippen LogP contribution in [0.25, 0.3) is 11.3 Å². The molecule has 32 heavy (non-hydrogen) atoms.